The average Bonchev–Trinajstić information content (AvgIpc) is 3.43. The first kappa shape index (κ1) is 22.7. The SMILES string of the molecule is CC1CCC(NC(=O)[C@@H]2CC2CN2CCC(c3noc4ccc(C(F)(F)F)cc34)CC2)CC1. The summed E-state index contributed by atoms with van der Waals surface area (Å²) in [7, 11) is 0. The van der Waals surface area contributed by atoms with Gasteiger partial charge < -0.3 is 14.7 Å². The van der Waals surface area contributed by atoms with Crippen LogP contribution in [0.1, 0.15) is 69.0 Å². The number of nitrogens with one attached hydrogen (secondary N) is 1. The van der Waals surface area contributed by atoms with Crippen LogP contribution in [-0.2, 0) is 11.0 Å². The number of halogens is 3. The molecule has 1 amide bonds. The summed E-state index contributed by atoms with van der Waals surface area (Å²) in [6, 6.07) is 3.90. The lowest BCUT2D eigenvalue weighted by molar-refractivity contribution is -0.137. The van der Waals surface area contributed by atoms with E-state index in [4.69, 9.17) is 4.52 Å². The predicted molar refractivity (Wildman–Crippen MR) is 119 cm³/mol. The molecule has 1 N–H and O–H groups in total. The molecule has 3 aliphatic rings. The van der Waals surface area contributed by atoms with Gasteiger partial charge in [-0.3, -0.25) is 4.79 Å². The van der Waals surface area contributed by atoms with Gasteiger partial charge in [0, 0.05) is 29.8 Å². The van der Waals surface area contributed by atoms with Gasteiger partial charge in [-0.2, -0.15) is 13.2 Å². The molecule has 0 bridgehead atoms. The summed E-state index contributed by atoms with van der Waals surface area (Å²) in [4.78, 5) is 15.0. The summed E-state index contributed by atoms with van der Waals surface area (Å²) >= 11 is 0. The molecule has 0 spiro atoms. The number of rotatable bonds is 5. The second kappa shape index (κ2) is 8.93. The third kappa shape index (κ3) is 5.05. The van der Waals surface area contributed by atoms with Crippen molar-refractivity contribution in [1.29, 1.82) is 0 Å². The van der Waals surface area contributed by atoms with E-state index < -0.39 is 11.7 Å². The lowest BCUT2D eigenvalue weighted by Gasteiger charge is -2.31. The lowest BCUT2D eigenvalue weighted by Crippen LogP contribution is -2.39. The van der Waals surface area contributed by atoms with Crippen molar-refractivity contribution in [2.24, 2.45) is 17.8 Å². The number of aromatic nitrogens is 1. The van der Waals surface area contributed by atoms with Crippen molar-refractivity contribution in [2.75, 3.05) is 19.6 Å². The first-order chi connectivity index (χ1) is 15.8. The fourth-order valence-electron chi connectivity index (χ4n) is 5.63. The highest BCUT2D eigenvalue weighted by Crippen LogP contribution is 2.41. The van der Waals surface area contributed by atoms with Gasteiger partial charge in [-0.25, -0.2) is 0 Å². The topological polar surface area (TPSA) is 58.4 Å². The van der Waals surface area contributed by atoms with Crippen LogP contribution in [0.2, 0.25) is 0 Å². The molecule has 180 valence electrons. The Bertz CT molecular complexity index is 988. The number of benzene rings is 1. The monoisotopic (exact) mass is 463 g/mol. The number of hydrogen-bond acceptors (Lipinski definition) is 4. The Morgan fingerprint density at radius 1 is 1.15 bits per heavy atom. The molecule has 2 aliphatic carbocycles. The van der Waals surface area contributed by atoms with Gasteiger partial charge in [-0.15, -0.1) is 0 Å². The van der Waals surface area contributed by atoms with Gasteiger partial charge in [0.05, 0.1) is 11.3 Å². The van der Waals surface area contributed by atoms with Crippen molar-refractivity contribution >= 4 is 16.9 Å². The maximum absolute atomic E-state index is 13.1. The third-order valence-corrected chi connectivity index (χ3v) is 7.91. The highest BCUT2D eigenvalue weighted by Gasteiger charge is 2.44. The van der Waals surface area contributed by atoms with Gasteiger partial charge in [0.1, 0.15) is 0 Å². The Kier molecular flexibility index (Phi) is 6.14. The van der Waals surface area contributed by atoms with Crippen LogP contribution in [0.4, 0.5) is 13.2 Å². The molecule has 1 aromatic heterocycles. The van der Waals surface area contributed by atoms with Crippen LogP contribution >= 0.6 is 0 Å². The summed E-state index contributed by atoms with van der Waals surface area (Å²) in [5.74, 6) is 1.66. The Morgan fingerprint density at radius 2 is 1.88 bits per heavy atom. The third-order valence-electron chi connectivity index (χ3n) is 7.91. The molecule has 2 aromatic rings. The Hall–Kier alpha value is -2.09. The molecule has 5 nitrogen and oxygen atoms in total. The van der Waals surface area contributed by atoms with Crippen LogP contribution in [0.5, 0.6) is 0 Å². The van der Waals surface area contributed by atoms with E-state index in [9.17, 15) is 18.0 Å². The van der Waals surface area contributed by atoms with Crippen molar-refractivity contribution in [1.82, 2.24) is 15.4 Å². The van der Waals surface area contributed by atoms with Crippen LogP contribution in [0.3, 0.4) is 0 Å². The first-order valence-corrected chi connectivity index (χ1v) is 12.3. The number of carbonyl (C=O) groups excluding carboxylic acids is 1. The highest BCUT2D eigenvalue weighted by atomic mass is 19.4. The van der Waals surface area contributed by atoms with Crippen molar-refractivity contribution in [3.8, 4) is 0 Å². The normalized spacial score (nSPS) is 29.3. The zero-order chi connectivity index (χ0) is 23.2. The highest BCUT2D eigenvalue weighted by molar-refractivity contribution is 5.82. The lowest BCUT2D eigenvalue weighted by atomic mass is 9.87. The van der Waals surface area contributed by atoms with E-state index in [-0.39, 0.29) is 17.7 Å². The number of carbonyl (C=O) groups is 1. The molecule has 2 atom stereocenters. The Labute approximate surface area is 192 Å². The Morgan fingerprint density at radius 3 is 2.58 bits per heavy atom. The molecule has 1 aromatic carbocycles. The summed E-state index contributed by atoms with van der Waals surface area (Å²) in [5, 5.41) is 7.86. The maximum Gasteiger partial charge on any atom is 0.416 e. The molecule has 2 saturated carbocycles. The van der Waals surface area contributed by atoms with Gasteiger partial charge in [-0.05, 0) is 88.1 Å². The van der Waals surface area contributed by atoms with Gasteiger partial charge >= 0.3 is 6.18 Å². The molecule has 2 heterocycles. The minimum Gasteiger partial charge on any atom is -0.356 e. The van der Waals surface area contributed by atoms with Crippen LogP contribution in [0, 0.1) is 17.8 Å². The molecule has 33 heavy (non-hydrogen) atoms. The molecule has 1 saturated heterocycles. The largest absolute Gasteiger partial charge is 0.416 e. The summed E-state index contributed by atoms with van der Waals surface area (Å²) in [6.45, 7) is 4.93. The van der Waals surface area contributed by atoms with E-state index in [0.717, 1.165) is 69.8 Å². The number of amides is 1. The van der Waals surface area contributed by atoms with Crippen LogP contribution < -0.4 is 5.32 Å². The number of fused-ring (bicyclic) bond motifs is 1. The predicted octanol–water partition coefficient (Wildman–Crippen LogP) is 5.36. The van der Waals surface area contributed by atoms with Crippen LogP contribution in [-0.4, -0.2) is 41.6 Å². The molecule has 8 heteroatoms. The number of likely N-dealkylation sites (tertiary alicyclic amines) is 1. The number of piperidine rings is 1. The van der Waals surface area contributed by atoms with Crippen molar-refractivity contribution < 1.29 is 22.5 Å². The van der Waals surface area contributed by atoms with E-state index in [1.807, 2.05) is 0 Å². The molecular weight excluding hydrogens is 431 g/mol. The number of alkyl halides is 3. The van der Waals surface area contributed by atoms with Crippen molar-refractivity contribution in [2.45, 2.75) is 70.0 Å². The molecular formula is C25H32F3N3O2. The van der Waals surface area contributed by atoms with E-state index in [1.165, 1.54) is 18.9 Å². The van der Waals surface area contributed by atoms with E-state index >= 15 is 0 Å². The van der Waals surface area contributed by atoms with E-state index in [0.29, 0.717) is 28.6 Å². The van der Waals surface area contributed by atoms with E-state index in [2.05, 4.69) is 22.3 Å². The molecule has 3 fully saturated rings. The minimum atomic E-state index is -4.38. The van der Waals surface area contributed by atoms with Crippen LogP contribution in [0.25, 0.3) is 11.0 Å². The van der Waals surface area contributed by atoms with Crippen molar-refractivity contribution in [3.05, 3.63) is 29.5 Å². The fourth-order valence-corrected chi connectivity index (χ4v) is 5.63. The number of nitrogens with zero attached hydrogens (tertiary/aromatic N) is 2. The van der Waals surface area contributed by atoms with Gasteiger partial charge in [-0.1, -0.05) is 12.1 Å². The van der Waals surface area contributed by atoms with Crippen LogP contribution in [0.15, 0.2) is 22.7 Å². The van der Waals surface area contributed by atoms with E-state index in [1.54, 1.807) is 0 Å². The van der Waals surface area contributed by atoms with Gasteiger partial charge in [0.2, 0.25) is 5.91 Å². The molecule has 5 rings (SSSR count). The molecule has 1 unspecified atom stereocenters. The van der Waals surface area contributed by atoms with Gasteiger partial charge in [0.15, 0.2) is 5.58 Å². The van der Waals surface area contributed by atoms with Crippen molar-refractivity contribution in [3.63, 3.8) is 0 Å². The fraction of sp³-hybridized carbons (Fsp3) is 0.680. The smallest absolute Gasteiger partial charge is 0.356 e. The molecule has 1 aliphatic heterocycles. The quantitative estimate of drug-likeness (QED) is 0.649. The van der Waals surface area contributed by atoms with Gasteiger partial charge in [0.25, 0.3) is 0 Å². The summed E-state index contributed by atoms with van der Waals surface area (Å²) in [6.07, 6.45) is 2.84. The zero-order valence-electron chi connectivity index (χ0n) is 19.0. The standard InChI is InChI=1S/C25H32F3N3O2/c1-15-2-5-19(6-3-15)29-24(32)20-12-17(20)14-31-10-8-16(9-11-31)23-21-13-18(25(26,27)28)4-7-22(21)33-30-23/h4,7,13,15-17,19-20H,2-3,5-6,8-12,14H2,1H3,(H,29,32)/t15?,17?,19?,20-/m1/s1. The minimum absolute atomic E-state index is 0.0953. The summed E-state index contributed by atoms with van der Waals surface area (Å²) in [5.41, 5.74) is 0.374. The zero-order valence-corrected chi connectivity index (χ0v) is 19.0. The summed E-state index contributed by atoms with van der Waals surface area (Å²) < 4.78 is 44.7. The average molecular weight is 464 g/mol. The first-order valence-electron chi connectivity index (χ1n) is 12.3. The molecule has 0 radical (unpaired) electrons. The Balaban J connectivity index is 1.11. The second-order valence-corrected chi connectivity index (χ2v) is 10.4. The number of hydrogen-bond donors (Lipinski definition) is 1. The maximum atomic E-state index is 13.1. The second-order valence-electron chi connectivity index (χ2n) is 10.4.